The van der Waals surface area contributed by atoms with Gasteiger partial charge in [0, 0.05) is 73.8 Å². The number of piperazine rings is 1. The van der Waals surface area contributed by atoms with Crippen LogP contribution in [0.1, 0.15) is 11.3 Å². The van der Waals surface area contributed by atoms with Crippen molar-refractivity contribution < 1.29 is 4.92 Å². The minimum absolute atomic E-state index is 0.0377. The number of non-ortho nitro benzene ring substituents is 1. The summed E-state index contributed by atoms with van der Waals surface area (Å²) in [5, 5.41) is 12.3. The number of hydrogen-bond acceptors (Lipinski definition) is 7. The largest absolute Gasteiger partial charge is 0.354 e. The lowest BCUT2D eigenvalue weighted by Crippen LogP contribution is -2.46. The van der Waals surface area contributed by atoms with Crippen LogP contribution < -0.4 is 4.90 Å². The molecule has 5 rings (SSSR count). The van der Waals surface area contributed by atoms with E-state index in [1.807, 2.05) is 31.3 Å². The molecule has 1 saturated heterocycles. The molecule has 0 unspecified atom stereocenters. The van der Waals surface area contributed by atoms with Gasteiger partial charge in [0.2, 0.25) is 0 Å². The van der Waals surface area contributed by atoms with Crippen LogP contribution in [0.3, 0.4) is 0 Å². The van der Waals surface area contributed by atoms with E-state index in [0.29, 0.717) is 11.4 Å². The van der Waals surface area contributed by atoms with Gasteiger partial charge in [0.05, 0.1) is 10.4 Å². The number of pyridine rings is 1. The molecule has 0 N–H and O–H groups in total. The Kier molecular flexibility index (Phi) is 5.66. The van der Waals surface area contributed by atoms with Crippen LogP contribution in [-0.2, 0) is 6.54 Å². The lowest BCUT2D eigenvalue weighted by molar-refractivity contribution is -0.384. The molecular formula is C25H24N6O2. The maximum Gasteiger partial charge on any atom is 0.270 e. The second kappa shape index (κ2) is 8.91. The van der Waals surface area contributed by atoms with Crippen molar-refractivity contribution in [3.05, 3.63) is 88.2 Å². The molecule has 0 spiro atoms. The Bertz CT molecular complexity index is 1310. The molecule has 1 fully saturated rings. The van der Waals surface area contributed by atoms with Gasteiger partial charge in [-0.15, -0.1) is 0 Å². The van der Waals surface area contributed by atoms with Crippen molar-refractivity contribution in [1.82, 2.24) is 19.9 Å². The molecule has 1 aliphatic rings. The van der Waals surface area contributed by atoms with E-state index >= 15 is 0 Å². The first kappa shape index (κ1) is 21.0. The Balaban J connectivity index is 1.31. The van der Waals surface area contributed by atoms with Crippen LogP contribution in [0, 0.1) is 17.0 Å². The zero-order chi connectivity index (χ0) is 22.8. The van der Waals surface area contributed by atoms with Gasteiger partial charge in [-0.3, -0.25) is 20.0 Å². The molecule has 0 bridgehead atoms. The van der Waals surface area contributed by atoms with Crippen molar-refractivity contribution in [3.8, 4) is 11.4 Å². The third-order valence-corrected chi connectivity index (χ3v) is 5.96. The molecular weight excluding hydrogens is 416 g/mol. The molecule has 2 aromatic carbocycles. The number of hydrogen-bond donors (Lipinski definition) is 0. The van der Waals surface area contributed by atoms with Gasteiger partial charge >= 0.3 is 0 Å². The Morgan fingerprint density at radius 1 is 0.970 bits per heavy atom. The maximum atomic E-state index is 11.1. The topological polar surface area (TPSA) is 88.3 Å². The van der Waals surface area contributed by atoms with Crippen molar-refractivity contribution >= 4 is 22.4 Å². The van der Waals surface area contributed by atoms with E-state index in [1.165, 1.54) is 23.1 Å². The Morgan fingerprint density at radius 2 is 1.76 bits per heavy atom. The van der Waals surface area contributed by atoms with E-state index in [0.717, 1.165) is 49.8 Å². The summed E-state index contributed by atoms with van der Waals surface area (Å²) in [6.07, 6.45) is 1.85. The van der Waals surface area contributed by atoms with E-state index in [9.17, 15) is 10.1 Å². The number of nitro groups is 1. The highest BCUT2D eigenvalue weighted by Crippen LogP contribution is 2.25. The van der Waals surface area contributed by atoms with Crippen LogP contribution in [0.4, 0.5) is 11.5 Å². The monoisotopic (exact) mass is 440 g/mol. The summed E-state index contributed by atoms with van der Waals surface area (Å²) in [5.41, 5.74) is 3.83. The molecule has 166 valence electrons. The van der Waals surface area contributed by atoms with E-state index in [1.54, 1.807) is 6.07 Å². The fourth-order valence-electron chi connectivity index (χ4n) is 4.27. The van der Waals surface area contributed by atoms with Crippen LogP contribution >= 0.6 is 0 Å². The number of fused-ring (bicyclic) bond motifs is 1. The normalized spacial score (nSPS) is 14.5. The predicted octanol–water partition coefficient (Wildman–Crippen LogP) is 4.23. The molecule has 8 heteroatoms. The summed E-state index contributed by atoms with van der Waals surface area (Å²) < 4.78 is 0. The summed E-state index contributed by atoms with van der Waals surface area (Å²) >= 11 is 0. The molecule has 0 saturated carbocycles. The average molecular weight is 441 g/mol. The minimum Gasteiger partial charge on any atom is -0.354 e. The number of rotatable bonds is 5. The van der Waals surface area contributed by atoms with Crippen molar-refractivity contribution in [1.29, 1.82) is 0 Å². The standard InChI is InChI=1S/C25H24N6O2/c1-18-15-23(28-25(27-18)20-6-3-9-22(16-20)31(32)33)30-13-11-29(12-14-30)17-21-7-2-5-19-8-4-10-26-24(19)21/h2-10,15-16H,11-14,17H2,1H3. The van der Waals surface area contributed by atoms with Crippen LogP contribution in [0.2, 0.25) is 0 Å². The van der Waals surface area contributed by atoms with Crippen molar-refractivity contribution in [2.45, 2.75) is 13.5 Å². The van der Waals surface area contributed by atoms with Crippen molar-refractivity contribution in [2.75, 3.05) is 31.1 Å². The summed E-state index contributed by atoms with van der Waals surface area (Å²) in [7, 11) is 0. The van der Waals surface area contributed by atoms with Crippen LogP contribution in [0.25, 0.3) is 22.3 Å². The summed E-state index contributed by atoms with van der Waals surface area (Å²) in [5.74, 6) is 1.37. The Labute approximate surface area is 191 Å². The molecule has 0 atom stereocenters. The Hall–Kier alpha value is -3.91. The zero-order valence-electron chi connectivity index (χ0n) is 18.4. The van der Waals surface area contributed by atoms with Gasteiger partial charge in [0.25, 0.3) is 5.69 Å². The first-order valence-electron chi connectivity index (χ1n) is 11.0. The van der Waals surface area contributed by atoms with Crippen molar-refractivity contribution in [3.63, 3.8) is 0 Å². The fraction of sp³-hybridized carbons (Fsp3) is 0.240. The number of para-hydroxylation sites is 1. The maximum absolute atomic E-state index is 11.1. The van der Waals surface area contributed by atoms with Gasteiger partial charge in [-0.05, 0) is 18.6 Å². The van der Waals surface area contributed by atoms with Gasteiger partial charge in [-0.1, -0.05) is 36.4 Å². The lowest BCUT2D eigenvalue weighted by Gasteiger charge is -2.35. The quantitative estimate of drug-likeness (QED) is 0.339. The average Bonchev–Trinajstić information content (AvgIpc) is 2.84. The molecule has 3 heterocycles. The first-order chi connectivity index (χ1) is 16.1. The third kappa shape index (κ3) is 4.51. The predicted molar refractivity (Wildman–Crippen MR) is 128 cm³/mol. The summed E-state index contributed by atoms with van der Waals surface area (Å²) in [6, 6.07) is 18.9. The summed E-state index contributed by atoms with van der Waals surface area (Å²) in [4.78, 5) is 29.3. The van der Waals surface area contributed by atoms with Crippen molar-refractivity contribution in [2.24, 2.45) is 0 Å². The van der Waals surface area contributed by atoms with E-state index in [-0.39, 0.29) is 5.69 Å². The highest BCUT2D eigenvalue weighted by atomic mass is 16.6. The Morgan fingerprint density at radius 3 is 2.58 bits per heavy atom. The van der Waals surface area contributed by atoms with Gasteiger partial charge in [-0.2, -0.15) is 0 Å². The zero-order valence-corrected chi connectivity index (χ0v) is 18.4. The second-order valence-corrected chi connectivity index (χ2v) is 8.25. The van der Waals surface area contributed by atoms with Gasteiger partial charge in [0.1, 0.15) is 5.82 Å². The van der Waals surface area contributed by atoms with Crippen LogP contribution in [-0.4, -0.2) is 51.0 Å². The van der Waals surface area contributed by atoms with Gasteiger partial charge in [0.15, 0.2) is 5.82 Å². The number of nitro benzene ring substituents is 1. The number of nitrogens with zero attached hydrogens (tertiary/aromatic N) is 6. The van der Waals surface area contributed by atoms with E-state index in [2.05, 4.69) is 44.0 Å². The van der Waals surface area contributed by atoms with Gasteiger partial charge in [-0.25, -0.2) is 9.97 Å². The van der Waals surface area contributed by atoms with Crippen LogP contribution in [0.15, 0.2) is 66.9 Å². The highest BCUT2D eigenvalue weighted by Gasteiger charge is 2.20. The number of aromatic nitrogens is 3. The third-order valence-electron chi connectivity index (χ3n) is 5.96. The number of anilines is 1. The molecule has 8 nitrogen and oxygen atoms in total. The molecule has 4 aromatic rings. The smallest absolute Gasteiger partial charge is 0.270 e. The SMILES string of the molecule is Cc1cc(N2CCN(Cc3cccc4cccnc34)CC2)nc(-c2cccc([N+](=O)[O-])c2)n1. The molecule has 0 amide bonds. The molecule has 33 heavy (non-hydrogen) atoms. The first-order valence-corrected chi connectivity index (χ1v) is 11.0. The van der Waals surface area contributed by atoms with Gasteiger partial charge < -0.3 is 4.90 Å². The van der Waals surface area contributed by atoms with E-state index in [4.69, 9.17) is 4.98 Å². The summed E-state index contributed by atoms with van der Waals surface area (Å²) in [6.45, 7) is 6.32. The second-order valence-electron chi connectivity index (χ2n) is 8.25. The number of aryl methyl sites for hydroxylation is 1. The van der Waals surface area contributed by atoms with Crippen LogP contribution in [0.5, 0.6) is 0 Å². The molecule has 0 aliphatic carbocycles. The minimum atomic E-state index is -0.398. The fourth-order valence-corrected chi connectivity index (χ4v) is 4.27. The molecule has 2 aromatic heterocycles. The molecule has 0 radical (unpaired) electrons. The highest BCUT2D eigenvalue weighted by molar-refractivity contribution is 5.81. The number of benzene rings is 2. The van der Waals surface area contributed by atoms with E-state index < -0.39 is 4.92 Å². The molecule has 1 aliphatic heterocycles. The lowest BCUT2D eigenvalue weighted by atomic mass is 10.1.